The second kappa shape index (κ2) is 5.13. The Morgan fingerprint density at radius 3 is 1.89 bits per heavy atom. The minimum absolute atomic E-state index is 0.0347. The molecule has 4 aliphatic rings. The number of hydrogen-bond acceptors (Lipinski definition) is 1. The first-order chi connectivity index (χ1) is 8.98. The Morgan fingerprint density at radius 2 is 1.47 bits per heavy atom. The van der Waals surface area contributed by atoms with Gasteiger partial charge in [-0.05, 0) is 56.3 Å². The van der Waals surface area contributed by atoms with Crippen LogP contribution >= 0.6 is 34.8 Å². The minimum atomic E-state index is -0.134. The van der Waals surface area contributed by atoms with E-state index in [9.17, 15) is 4.79 Å². The van der Waals surface area contributed by atoms with Crippen LogP contribution < -0.4 is 5.32 Å². The van der Waals surface area contributed by atoms with Crippen molar-refractivity contribution in [3.05, 3.63) is 9.52 Å². The molecule has 4 aliphatic carbocycles. The number of amides is 1. The van der Waals surface area contributed by atoms with Gasteiger partial charge in [0.15, 0.2) is 0 Å². The van der Waals surface area contributed by atoms with Crippen LogP contribution in [0.2, 0.25) is 0 Å². The van der Waals surface area contributed by atoms with Crippen molar-refractivity contribution < 1.29 is 4.79 Å². The summed E-state index contributed by atoms with van der Waals surface area (Å²) in [6, 6.07) is 0. The zero-order chi connectivity index (χ0) is 13.6. The second-order valence-corrected chi connectivity index (χ2v) is 7.95. The highest BCUT2D eigenvalue weighted by Gasteiger charge is 2.54. The van der Waals surface area contributed by atoms with E-state index in [1.54, 1.807) is 0 Å². The monoisotopic (exact) mass is 321 g/mol. The highest BCUT2D eigenvalue weighted by atomic mass is 35.5. The van der Waals surface area contributed by atoms with E-state index >= 15 is 0 Å². The van der Waals surface area contributed by atoms with Crippen LogP contribution in [0.5, 0.6) is 0 Å². The van der Waals surface area contributed by atoms with Crippen molar-refractivity contribution in [2.45, 2.75) is 38.5 Å². The van der Waals surface area contributed by atoms with Gasteiger partial charge in [0.2, 0.25) is 5.91 Å². The van der Waals surface area contributed by atoms with Gasteiger partial charge < -0.3 is 5.32 Å². The maximum absolute atomic E-state index is 12.5. The van der Waals surface area contributed by atoms with E-state index in [0.29, 0.717) is 5.03 Å². The summed E-state index contributed by atoms with van der Waals surface area (Å²) in [7, 11) is 0. The van der Waals surface area contributed by atoms with E-state index in [-0.39, 0.29) is 22.4 Å². The Hall–Kier alpha value is 0.0800. The predicted octanol–water partition coefficient (Wildman–Crippen LogP) is 4.20. The summed E-state index contributed by atoms with van der Waals surface area (Å²) < 4.78 is 0.0347. The molecule has 0 aromatic rings. The lowest BCUT2D eigenvalue weighted by molar-refractivity contribution is -0.146. The largest absolute Gasteiger partial charge is 0.351 e. The van der Waals surface area contributed by atoms with E-state index in [1.807, 2.05) is 0 Å². The Kier molecular flexibility index (Phi) is 3.79. The first-order valence-corrected chi connectivity index (χ1v) is 8.10. The Balaban J connectivity index is 1.68. The van der Waals surface area contributed by atoms with E-state index in [0.717, 1.165) is 37.0 Å². The quantitative estimate of drug-likeness (QED) is 0.829. The summed E-state index contributed by atoms with van der Waals surface area (Å²) in [5, 5.41) is 3.23. The lowest BCUT2D eigenvalue weighted by Gasteiger charge is -2.55. The molecule has 0 saturated heterocycles. The smallest absolute Gasteiger partial charge is 0.226 e. The van der Waals surface area contributed by atoms with Crippen molar-refractivity contribution >= 4 is 40.7 Å². The Labute approximate surface area is 128 Å². The zero-order valence-electron chi connectivity index (χ0n) is 10.7. The number of nitrogens with one attached hydrogen (secondary N) is 1. The molecule has 1 N–H and O–H groups in total. The molecule has 0 aromatic carbocycles. The van der Waals surface area contributed by atoms with Gasteiger partial charge in [-0.1, -0.05) is 34.8 Å². The normalized spacial score (nSPS) is 39.2. The lowest BCUT2D eigenvalue weighted by Crippen LogP contribution is -2.53. The molecular weight excluding hydrogens is 305 g/mol. The molecule has 5 heteroatoms. The molecule has 106 valence electrons. The molecule has 0 aromatic heterocycles. The van der Waals surface area contributed by atoms with E-state index in [4.69, 9.17) is 34.8 Å². The number of hydrogen-bond donors (Lipinski definition) is 1. The third-order valence-electron chi connectivity index (χ3n) is 5.13. The second-order valence-electron chi connectivity index (χ2n) is 6.55. The van der Waals surface area contributed by atoms with E-state index in [1.165, 1.54) is 19.3 Å². The SMILES string of the molecule is O=C(NCC(Cl)=C(Cl)Cl)C12CC3CC(CC(C3)C1)C2. The molecule has 0 radical (unpaired) electrons. The van der Waals surface area contributed by atoms with Gasteiger partial charge >= 0.3 is 0 Å². The van der Waals surface area contributed by atoms with Crippen molar-refractivity contribution in [1.29, 1.82) is 0 Å². The van der Waals surface area contributed by atoms with Gasteiger partial charge in [0.25, 0.3) is 0 Å². The highest BCUT2D eigenvalue weighted by molar-refractivity contribution is 6.59. The fraction of sp³-hybridized carbons (Fsp3) is 0.786. The third-order valence-corrected chi connectivity index (χ3v) is 6.10. The van der Waals surface area contributed by atoms with Crippen LogP contribution in [0.4, 0.5) is 0 Å². The molecule has 2 nitrogen and oxygen atoms in total. The molecule has 1 amide bonds. The molecule has 0 spiro atoms. The first-order valence-electron chi connectivity index (χ1n) is 6.96. The fourth-order valence-electron chi connectivity index (χ4n) is 4.80. The molecule has 0 atom stereocenters. The van der Waals surface area contributed by atoms with E-state index < -0.39 is 0 Å². The third kappa shape index (κ3) is 2.64. The average molecular weight is 323 g/mol. The van der Waals surface area contributed by atoms with Crippen LogP contribution in [0.25, 0.3) is 0 Å². The number of carbonyl (C=O) groups excluding carboxylic acids is 1. The topological polar surface area (TPSA) is 29.1 Å². The van der Waals surface area contributed by atoms with Gasteiger partial charge in [-0.2, -0.15) is 0 Å². The van der Waals surface area contributed by atoms with Crippen molar-refractivity contribution in [1.82, 2.24) is 5.32 Å². The van der Waals surface area contributed by atoms with Crippen LogP contribution in [0.3, 0.4) is 0 Å². The average Bonchev–Trinajstić information content (AvgIpc) is 2.33. The van der Waals surface area contributed by atoms with Crippen molar-refractivity contribution in [2.75, 3.05) is 6.54 Å². The minimum Gasteiger partial charge on any atom is -0.351 e. The molecule has 19 heavy (non-hydrogen) atoms. The van der Waals surface area contributed by atoms with Gasteiger partial charge in [0.1, 0.15) is 4.49 Å². The lowest BCUT2D eigenvalue weighted by atomic mass is 9.49. The van der Waals surface area contributed by atoms with Gasteiger partial charge in [0.05, 0.1) is 11.6 Å². The van der Waals surface area contributed by atoms with Crippen molar-refractivity contribution in [2.24, 2.45) is 23.2 Å². The summed E-state index contributed by atoms with van der Waals surface area (Å²) in [6.45, 7) is 0.241. The van der Waals surface area contributed by atoms with Crippen LogP contribution in [-0.4, -0.2) is 12.5 Å². The summed E-state index contributed by atoms with van der Waals surface area (Å²) in [6.07, 6.45) is 7.17. The van der Waals surface area contributed by atoms with Crippen LogP contribution in [-0.2, 0) is 4.79 Å². The standard InChI is InChI=1S/C14H18Cl3NO/c15-11(12(16)17)7-18-13(19)14-4-8-1-9(5-14)3-10(2-8)6-14/h8-10H,1-7H2,(H,18,19). The Morgan fingerprint density at radius 1 is 1.00 bits per heavy atom. The van der Waals surface area contributed by atoms with Crippen molar-refractivity contribution in [3.8, 4) is 0 Å². The molecule has 0 aliphatic heterocycles. The maximum Gasteiger partial charge on any atom is 0.226 e. The molecule has 4 saturated carbocycles. The van der Waals surface area contributed by atoms with Gasteiger partial charge in [-0.3, -0.25) is 4.79 Å². The maximum atomic E-state index is 12.5. The summed E-state index contributed by atoms with van der Waals surface area (Å²) >= 11 is 17.1. The number of carbonyl (C=O) groups is 1. The Bertz CT molecular complexity index is 393. The first kappa shape index (κ1) is 14.0. The number of rotatable bonds is 3. The van der Waals surface area contributed by atoms with E-state index in [2.05, 4.69) is 5.32 Å². The van der Waals surface area contributed by atoms with Gasteiger partial charge in [0, 0.05) is 5.41 Å². The predicted molar refractivity (Wildman–Crippen MR) is 78.2 cm³/mol. The van der Waals surface area contributed by atoms with Crippen LogP contribution in [0.1, 0.15) is 38.5 Å². The van der Waals surface area contributed by atoms with Crippen LogP contribution in [0, 0.1) is 23.2 Å². The number of halogens is 3. The van der Waals surface area contributed by atoms with Gasteiger partial charge in [-0.25, -0.2) is 0 Å². The zero-order valence-corrected chi connectivity index (χ0v) is 13.0. The summed E-state index contributed by atoms with van der Waals surface area (Å²) in [4.78, 5) is 12.5. The highest BCUT2D eigenvalue weighted by Crippen LogP contribution is 2.60. The van der Waals surface area contributed by atoms with Gasteiger partial charge in [-0.15, -0.1) is 0 Å². The molecule has 4 fully saturated rings. The molecule has 0 unspecified atom stereocenters. The molecular formula is C14H18Cl3NO. The summed E-state index contributed by atoms with van der Waals surface area (Å²) in [5.41, 5.74) is -0.134. The fourth-order valence-corrected chi connectivity index (χ4v) is 5.00. The van der Waals surface area contributed by atoms with Crippen LogP contribution in [0.15, 0.2) is 9.52 Å². The molecule has 0 heterocycles. The molecule has 4 rings (SSSR count). The summed E-state index contributed by atoms with van der Waals surface area (Å²) in [5.74, 6) is 2.44. The van der Waals surface area contributed by atoms with Crippen molar-refractivity contribution in [3.63, 3.8) is 0 Å². The molecule has 4 bridgehead atoms.